The molecule has 5 heteroatoms. The molecule has 1 heterocycles. The summed E-state index contributed by atoms with van der Waals surface area (Å²) in [5, 5.41) is 9.58. The van der Waals surface area contributed by atoms with Gasteiger partial charge in [0.15, 0.2) is 0 Å². The Labute approximate surface area is 165 Å². The molecule has 1 atom stereocenters. The zero-order chi connectivity index (χ0) is 19.3. The van der Waals surface area contributed by atoms with E-state index in [1.165, 1.54) is 11.1 Å². The zero-order valence-electron chi connectivity index (χ0n) is 16.2. The van der Waals surface area contributed by atoms with Crippen LogP contribution in [0.3, 0.4) is 0 Å². The third kappa shape index (κ3) is 3.96. The number of aliphatic hydroxyl groups excluding tert-OH is 1. The summed E-state index contributed by atoms with van der Waals surface area (Å²) in [7, 11) is 0. The van der Waals surface area contributed by atoms with E-state index in [1.54, 1.807) is 6.26 Å². The van der Waals surface area contributed by atoms with Crippen molar-refractivity contribution in [3.63, 3.8) is 0 Å². The summed E-state index contributed by atoms with van der Waals surface area (Å²) in [4.78, 5) is 6.97. The van der Waals surface area contributed by atoms with E-state index in [2.05, 4.69) is 34.1 Å². The Morgan fingerprint density at radius 1 is 1.18 bits per heavy atom. The first kappa shape index (κ1) is 18.7. The molecule has 0 fully saturated rings. The number of aliphatic hydroxyl groups is 1. The first-order valence-electron chi connectivity index (χ1n) is 9.89. The van der Waals surface area contributed by atoms with Crippen molar-refractivity contribution in [2.24, 2.45) is 0 Å². The van der Waals surface area contributed by atoms with E-state index in [4.69, 9.17) is 9.15 Å². The van der Waals surface area contributed by atoms with E-state index < -0.39 is 0 Å². The number of ether oxygens (including phenoxy) is 1. The highest BCUT2D eigenvalue weighted by molar-refractivity contribution is 5.54. The molecule has 0 aliphatic heterocycles. The maximum Gasteiger partial charge on any atom is 0.226 e. The number of aromatic nitrogens is 1. The van der Waals surface area contributed by atoms with E-state index in [-0.39, 0.29) is 6.61 Å². The second-order valence-corrected chi connectivity index (χ2v) is 7.05. The molecule has 5 nitrogen and oxygen atoms in total. The Kier molecular flexibility index (Phi) is 5.74. The van der Waals surface area contributed by atoms with Crippen LogP contribution in [-0.4, -0.2) is 34.7 Å². The third-order valence-electron chi connectivity index (χ3n) is 5.26. The molecular formula is C23H26N2O3. The number of oxazole rings is 1. The van der Waals surface area contributed by atoms with Crippen molar-refractivity contribution in [2.75, 3.05) is 19.8 Å². The van der Waals surface area contributed by atoms with Gasteiger partial charge in [0.2, 0.25) is 5.89 Å². The fraction of sp³-hybridized carbons (Fsp3) is 0.348. The molecule has 146 valence electrons. The van der Waals surface area contributed by atoms with Gasteiger partial charge in [0, 0.05) is 24.7 Å². The molecule has 28 heavy (non-hydrogen) atoms. The molecule has 0 radical (unpaired) electrons. The second-order valence-electron chi connectivity index (χ2n) is 7.05. The molecule has 0 saturated carbocycles. The third-order valence-corrected chi connectivity index (χ3v) is 5.26. The van der Waals surface area contributed by atoms with Crippen molar-refractivity contribution >= 4 is 0 Å². The van der Waals surface area contributed by atoms with Gasteiger partial charge in [0.25, 0.3) is 0 Å². The van der Waals surface area contributed by atoms with Crippen LogP contribution in [0.2, 0.25) is 0 Å². The fourth-order valence-electron chi connectivity index (χ4n) is 3.97. The monoisotopic (exact) mass is 378 g/mol. The Morgan fingerprint density at radius 3 is 2.79 bits per heavy atom. The lowest BCUT2D eigenvalue weighted by Crippen LogP contribution is -2.30. The first-order valence-corrected chi connectivity index (χ1v) is 9.89. The van der Waals surface area contributed by atoms with E-state index in [0.717, 1.165) is 29.8 Å². The predicted octanol–water partition coefficient (Wildman–Crippen LogP) is 4.22. The summed E-state index contributed by atoms with van der Waals surface area (Å²) >= 11 is 0. The molecule has 0 amide bonds. The highest BCUT2D eigenvalue weighted by atomic mass is 16.5. The molecule has 1 aliphatic carbocycles. The van der Waals surface area contributed by atoms with Gasteiger partial charge in [-0.05, 0) is 55.2 Å². The minimum atomic E-state index is 0.127. The summed E-state index contributed by atoms with van der Waals surface area (Å²) < 4.78 is 11.2. The van der Waals surface area contributed by atoms with Crippen molar-refractivity contribution in [2.45, 2.75) is 32.4 Å². The summed E-state index contributed by atoms with van der Waals surface area (Å²) in [6, 6.07) is 16.7. The Bertz CT molecular complexity index is 904. The van der Waals surface area contributed by atoms with Gasteiger partial charge < -0.3 is 14.3 Å². The van der Waals surface area contributed by atoms with Gasteiger partial charge in [-0.15, -0.1) is 0 Å². The van der Waals surface area contributed by atoms with Crippen molar-refractivity contribution < 1.29 is 14.3 Å². The number of rotatable bonds is 8. The molecule has 3 aromatic rings. The molecule has 0 bridgehead atoms. The lowest BCUT2D eigenvalue weighted by molar-refractivity contribution is 0.141. The molecule has 2 aromatic carbocycles. The maximum atomic E-state index is 9.58. The number of benzene rings is 2. The topological polar surface area (TPSA) is 58.7 Å². The van der Waals surface area contributed by atoms with Crippen LogP contribution in [0, 0.1) is 0 Å². The first-order chi connectivity index (χ1) is 13.8. The molecule has 1 unspecified atom stereocenters. The Hall–Kier alpha value is -2.63. The van der Waals surface area contributed by atoms with Crippen molar-refractivity contribution in [1.82, 2.24) is 9.88 Å². The average Bonchev–Trinajstić information content (AvgIpc) is 3.36. The summed E-state index contributed by atoms with van der Waals surface area (Å²) in [5.74, 6) is 1.45. The van der Waals surface area contributed by atoms with Crippen molar-refractivity contribution in [3.05, 3.63) is 71.6 Å². The number of aryl methyl sites for hydroxylation is 1. The molecule has 4 rings (SSSR count). The van der Waals surface area contributed by atoms with Crippen molar-refractivity contribution in [1.29, 1.82) is 0 Å². The van der Waals surface area contributed by atoms with E-state index in [9.17, 15) is 5.11 Å². The number of nitrogens with zero attached hydrogens (tertiary/aromatic N) is 2. The molecular weight excluding hydrogens is 352 g/mol. The smallest absolute Gasteiger partial charge is 0.226 e. The van der Waals surface area contributed by atoms with Crippen LogP contribution < -0.4 is 4.74 Å². The Balaban J connectivity index is 1.50. The zero-order valence-corrected chi connectivity index (χ0v) is 16.2. The van der Waals surface area contributed by atoms with Gasteiger partial charge in [-0.25, -0.2) is 4.98 Å². The van der Waals surface area contributed by atoms with Crippen LogP contribution in [0.15, 0.2) is 59.2 Å². The molecule has 1 N–H and O–H groups in total. The molecule has 1 aliphatic rings. The van der Waals surface area contributed by atoms with Gasteiger partial charge in [0.05, 0.1) is 18.9 Å². The number of fused-ring (bicyclic) bond motifs is 1. The maximum absolute atomic E-state index is 9.58. The average molecular weight is 378 g/mol. The number of hydrogen-bond donors (Lipinski definition) is 1. The summed E-state index contributed by atoms with van der Waals surface area (Å²) in [5.41, 5.74) is 4.58. The molecule has 0 spiro atoms. The highest BCUT2D eigenvalue weighted by Gasteiger charge is 2.28. The minimum Gasteiger partial charge on any atom is -0.494 e. The summed E-state index contributed by atoms with van der Waals surface area (Å²) in [6.07, 6.45) is 3.87. The van der Waals surface area contributed by atoms with E-state index in [1.807, 2.05) is 31.2 Å². The van der Waals surface area contributed by atoms with Gasteiger partial charge in [-0.1, -0.05) is 24.3 Å². The Morgan fingerprint density at radius 2 is 2.00 bits per heavy atom. The minimum absolute atomic E-state index is 0.127. The van der Waals surface area contributed by atoms with Crippen LogP contribution in [-0.2, 0) is 13.0 Å². The quantitative estimate of drug-likeness (QED) is 0.636. The lowest BCUT2D eigenvalue weighted by atomic mass is 10.1. The number of hydrogen-bond acceptors (Lipinski definition) is 5. The fourth-order valence-corrected chi connectivity index (χ4v) is 3.97. The predicted molar refractivity (Wildman–Crippen MR) is 108 cm³/mol. The largest absolute Gasteiger partial charge is 0.494 e. The van der Waals surface area contributed by atoms with E-state index >= 15 is 0 Å². The second kappa shape index (κ2) is 8.59. The van der Waals surface area contributed by atoms with Gasteiger partial charge in [-0.2, -0.15) is 0 Å². The van der Waals surface area contributed by atoms with E-state index in [0.29, 0.717) is 31.6 Å². The van der Waals surface area contributed by atoms with Gasteiger partial charge >= 0.3 is 0 Å². The van der Waals surface area contributed by atoms with Crippen LogP contribution in [0.4, 0.5) is 0 Å². The van der Waals surface area contributed by atoms with Crippen LogP contribution >= 0.6 is 0 Å². The summed E-state index contributed by atoms with van der Waals surface area (Å²) in [6.45, 7) is 4.01. The molecule has 1 aromatic heterocycles. The SMILES string of the molecule is CCOc1ccc(-c2nc(CN(CCO)C3CCc4ccccc43)co2)cc1. The van der Waals surface area contributed by atoms with Crippen LogP contribution in [0.25, 0.3) is 11.5 Å². The standard InChI is InChI=1S/C23H26N2O3/c1-2-27-20-10-7-18(8-11-20)23-24-19(16-28-23)15-25(13-14-26)22-12-9-17-5-3-4-6-21(17)22/h3-8,10-11,16,22,26H,2,9,12-15H2,1H3. The van der Waals surface area contributed by atoms with Gasteiger partial charge in [0.1, 0.15) is 12.0 Å². The lowest BCUT2D eigenvalue weighted by Gasteiger charge is -2.28. The normalized spacial score (nSPS) is 15.8. The van der Waals surface area contributed by atoms with Crippen molar-refractivity contribution in [3.8, 4) is 17.2 Å². The van der Waals surface area contributed by atoms with Crippen LogP contribution in [0.1, 0.15) is 36.2 Å². The molecule has 0 saturated heterocycles. The highest BCUT2D eigenvalue weighted by Crippen LogP contribution is 2.36. The van der Waals surface area contributed by atoms with Gasteiger partial charge in [-0.3, -0.25) is 4.90 Å². The van der Waals surface area contributed by atoms with Crippen LogP contribution in [0.5, 0.6) is 5.75 Å².